The van der Waals surface area contributed by atoms with Crippen LogP contribution in [-0.2, 0) is 0 Å². The van der Waals surface area contributed by atoms with Crippen molar-refractivity contribution >= 4 is 5.82 Å². The van der Waals surface area contributed by atoms with Crippen molar-refractivity contribution in [3.05, 3.63) is 42.6 Å². The van der Waals surface area contributed by atoms with E-state index in [0.29, 0.717) is 18.6 Å². The van der Waals surface area contributed by atoms with Crippen LogP contribution in [-0.4, -0.2) is 35.8 Å². The molecule has 6 heteroatoms. The Morgan fingerprint density at radius 1 is 1.07 bits per heavy atom. The summed E-state index contributed by atoms with van der Waals surface area (Å²) in [5.41, 5.74) is 0. The van der Waals surface area contributed by atoms with Gasteiger partial charge in [-0.15, -0.1) is 0 Å². The molecule has 5 nitrogen and oxygen atoms in total. The molecule has 2 aromatic heterocycles. The van der Waals surface area contributed by atoms with Crippen LogP contribution < -0.4 is 14.4 Å². The average Bonchev–Trinajstić information content (AvgIpc) is 3.40. The van der Waals surface area contributed by atoms with Gasteiger partial charge in [-0.05, 0) is 55.9 Å². The summed E-state index contributed by atoms with van der Waals surface area (Å²) in [5.74, 6) is 2.36. The van der Waals surface area contributed by atoms with Crippen LogP contribution in [0.3, 0.4) is 0 Å². The van der Waals surface area contributed by atoms with Crippen LogP contribution in [0.25, 0.3) is 0 Å². The zero-order chi connectivity index (χ0) is 18.5. The highest BCUT2D eigenvalue weighted by molar-refractivity contribution is 5.55. The van der Waals surface area contributed by atoms with Crippen molar-refractivity contribution in [2.45, 2.75) is 44.6 Å². The number of fused-ring (bicyclic) bond motifs is 3. The molecule has 0 radical (unpaired) electrons. The van der Waals surface area contributed by atoms with Crippen molar-refractivity contribution in [1.29, 1.82) is 0 Å². The number of aromatic nitrogens is 2. The van der Waals surface area contributed by atoms with Gasteiger partial charge in [0.25, 0.3) is 5.95 Å². The molecule has 1 aliphatic carbocycles. The largest absolute Gasteiger partial charge is 0.488 e. The first kappa shape index (κ1) is 18.0. The van der Waals surface area contributed by atoms with E-state index in [1.807, 2.05) is 18.3 Å². The van der Waals surface area contributed by atoms with Crippen molar-refractivity contribution in [2.24, 2.45) is 5.92 Å². The summed E-state index contributed by atoms with van der Waals surface area (Å²) in [6.45, 7) is 2.60. The molecule has 1 atom stereocenters. The Bertz CT molecular complexity index is 752. The number of anilines is 1. The van der Waals surface area contributed by atoms with Gasteiger partial charge < -0.3 is 14.4 Å². The van der Waals surface area contributed by atoms with Crippen LogP contribution in [0, 0.1) is 11.9 Å². The number of hydrogen-bond acceptors (Lipinski definition) is 5. The topological polar surface area (TPSA) is 47.5 Å². The van der Waals surface area contributed by atoms with Gasteiger partial charge in [-0.25, -0.2) is 9.97 Å². The molecule has 0 amide bonds. The van der Waals surface area contributed by atoms with Gasteiger partial charge in [-0.2, -0.15) is 4.39 Å². The fourth-order valence-electron chi connectivity index (χ4n) is 4.05. The Morgan fingerprint density at radius 3 is 2.74 bits per heavy atom. The second kappa shape index (κ2) is 8.55. The van der Waals surface area contributed by atoms with Crippen LogP contribution in [0.15, 0.2) is 36.7 Å². The van der Waals surface area contributed by atoms with Crippen LogP contribution in [0.1, 0.15) is 38.5 Å². The first-order valence-corrected chi connectivity index (χ1v) is 9.89. The predicted molar refractivity (Wildman–Crippen MR) is 102 cm³/mol. The standard InChI is InChI=1S/C11H14FNO.C10H12N2O/c12-11-10(6-3-7-13-11)14-8-9-4-1-2-5-9;1-4-9-10(11-5-1)12-6-2-3-8(12)7-13-9/h3,6-7,9H,1-2,4-5,8H2;1,4-5,8H,2-3,6-7H2/t;8-/m.0/s1. The smallest absolute Gasteiger partial charge is 0.255 e. The van der Waals surface area contributed by atoms with Crippen LogP contribution >= 0.6 is 0 Å². The van der Waals surface area contributed by atoms with Crippen molar-refractivity contribution in [2.75, 3.05) is 24.7 Å². The van der Waals surface area contributed by atoms with E-state index < -0.39 is 5.95 Å². The summed E-state index contributed by atoms with van der Waals surface area (Å²) in [5, 5.41) is 0. The first-order valence-electron chi connectivity index (χ1n) is 9.89. The van der Waals surface area contributed by atoms with Crippen LogP contribution in [0.2, 0.25) is 0 Å². The van der Waals surface area contributed by atoms with E-state index in [0.717, 1.165) is 24.7 Å². The summed E-state index contributed by atoms with van der Waals surface area (Å²) in [6.07, 6.45) is 10.8. The molecule has 2 aliphatic heterocycles. The van der Waals surface area contributed by atoms with Gasteiger partial charge in [0.05, 0.1) is 12.6 Å². The van der Waals surface area contributed by atoms with E-state index in [1.54, 1.807) is 12.1 Å². The molecule has 4 heterocycles. The Kier molecular flexibility index (Phi) is 5.70. The van der Waals surface area contributed by atoms with Gasteiger partial charge in [0.1, 0.15) is 6.61 Å². The Morgan fingerprint density at radius 2 is 1.89 bits per heavy atom. The lowest BCUT2D eigenvalue weighted by Gasteiger charge is -2.31. The van der Waals surface area contributed by atoms with E-state index in [-0.39, 0.29) is 5.75 Å². The Balaban J connectivity index is 0.000000134. The molecule has 0 N–H and O–H groups in total. The minimum absolute atomic E-state index is 0.277. The van der Waals surface area contributed by atoms with Crippen molar-refractivity contribution in [1.82, 2.24) is 9.97 Å². The zero-order valence-corrected chi connectivity index (χ0v) is 15.5. The third-order valence-corrected chi connectivity index (χ3v) is 5.51. The van der Waals surface area contributed by atoms with E-state index >= 15 is 0 Å². The maximum atomic E-state index is 13.0. The Labute approximate surface area is 159 Å². The first-order chi connectivity index (χ1) is 13.3. The highest BCUT2D eigenvalue weighted by Crippen LogP contribution is 2.35. The average molecular weight is 371 g/mol. The highest BCUT2D eigenvalue weighted by Gasteiger charge is 2.31. The highest BCUT2D eigenvalue weighted by atomic mass is 19.1. The molecule has 3 aliphatic rings. The molecule has 0 unspecified atom stereocenters. The molecule has 144 valence electrons. The van der Waals surface area contributed by atoms with Crippen molar-refractivity contribution in [3.63, 3.8) is 0 Å². The lowest BCUT2D eigenvalue weighted by molar-refractivity contribution is 0.239. The molecule has 1 saturated heterocycles. The van der Waals surface area contributed by atoms with Crippen molar-refractivity contribution < 1.29 is 13.9 Å². The lowest BCUT2D eigenvalue weighted by atomic mass is 10.1. The van der Waals surface area contributed by atoms with E-state index in [1.165, 1.54) is 44.7 Å². The second-order valence-corrected chi connectivity index (χ2v) is 7.38. The lowest BCUT2D eigenvalue weighted by Crippen LogP contribution is -2.38. The van der Waals surface area contributed by atoms with E-state index in [4.69, 9.17) is 9.47 Å². The number of ether oxygens (including phenoxy) is 2. The molecule has 0 spiro atoms. The molecular formula is C21H26FN3O2. The molecule has 2 fully saturated rings. The monoisotopic (exact) mass is 371 g/mol. The van der Waals surface area contributed by atoms with E-state index in [2.05, 4.69) is 14.9 Å². The predicted octanol–water partition coefficient (Wildman–Crippen LogP) is 4.23. The SMILES string of the molecule is Fc1ncccc1OCC1CCCC1.c1cnc2c(c1)OC[C@@H]1CCCN21. The summed E-state index contributed by atoms with van der Waals surface area (Å²) in [7, 11) is 0. The van der Waals surface area contributed by atoms with Gasteiger partial charge in [-0.1, -0.05) is 12.8 Å². The molecule has 1 saturated carbocycles. The summed E-state index contributed by atoms with van der Waals surface area (Å²) in [6, 6.07) is 7.80. The number of rotatable bonds is 3. The number of halogens is 1. The van der Waals surface area contributed by atoms with Gasteiger partial charge in [0, 0.05) is 18.9 Å². The fourth-order valence-corrected chi connectivity index (χ4v) is 4.05. The van der Waals surface area contributed by atoms with Crippen LogP contribution in [0.5, 0.6) is 11.5 Å². The van der Waals surface area contributed by atoms with Gasteiger partial charge in [-0.3, -0.25) is 0 Å². The van der Waals surface area contributed by atoms with Gasteiger partial charge in [0.15, 0.2) is 17.3 Å². The summed E-state index contributed by atoms with van der Waals surface area (Å²) >= 11 is 0. The Hall–Kier alpha value is -2.37. The molecular weight excluding hydrogens is 345 g/mol. The summed E-state index contributed by atoms with van der Waals surface area (Å²) in [4.78, 5) is 10.3. The minimum atomic E-state index is -0.509. The molecule has 5 rings (SSSR count). The van der Waals surface area contributed by atoms with Gasteiger partial charge in [0.2, 0.25) is 0 Å². The second-order valence-electron chi connectivity index (χ2n) is 7.38. The molecule has 0 aromatic carbocycles. The zero-order valence-electron chi connectivity index (χ0n) is 15.5. The minimum Gasteiger partial charge on any atom is -0.488 e. The number of nitrogens with zero attached hydrogens (tertiary/aromatic N) is 3. The maximum Gasteiger partial charge on any atom is 0.255 e. The normalized spacial score (nSPS) is 20.9. The van der Waals surface area contributed by atoms with Crippen LogP contribution in [0.4, 0.5) is 10.2 Å². The molecule has 2 aromatic rings. The van der Waals surface area contributed by atoms with Crippen molar-refractivity contribution in [3.8, 4) is 11.5 Å². The molecule has 0 bridgehead atoms. The number of pyridine rings is 2. The third kappa shape index (κ3) is 4.31. The van der Waals surface area contributed by atoms with E-state index in [9.17, 15) is 4.39 Å². The fraction of sp³-hybridized carbons (Fsp3) is 0.524. The third-order valence-electron chi connectivity index (χ3n) is 5.51. The maximum absolute atomic E-state index is 13.0. The summed E-state index contributed by atoms with van der Waals surface area (Å²) < 4.78 is 24.0. The quantitative estimate of drug-likeness (QED) is 0.756. The molecule has 27 heavy (non-hydrogen) atoms. The van der Waals surface area contributed by atoms with Gasteiger partial charge >= 0.3 is 0 Å². The number of hydrogen-bond donors (Lipinski definition) is 0.